The van der Waals surface area contributed by atoms with Gasteiger partial charge >= 0.3 is 6.03 Å². The number of urea groups is 1. The largest absolute Gasteiger partial charge is 0.483 e. The lowest BCUT2D eigenvalue weighted by Gasteiger charge is -2.09. The minimum Gasteiger partial charge on any atom is -0.483 e. The number of ether oxygens (including phenoxy) is 3. The van der Waals surface area contributed by atoms with Gasteiger partial charge < -0.3 is 19.5 Å². The molecule has 25 heavy (non-hydrogen) atoms. The highest BCUT2D eigenvalue weighted by Crippen LogP contribution is 2.34. The lowest BCUT2D eigenvalue weighted by molar-refractivity contribution is -0.121. The first kappa shape index (κ1) is 17.6. The molecular weight excluding hydrogens is 460 g/mol. The molecular formula is C16H12Br2N2O5. The molecule has 0 fully saturated rings. The van der Waals surface area contributed by atoms with E-state index in [2.05, 4.69) is 42.5 Å². The molecule has 130 valence electrons. The molecule has 7 nitrogen and oxygen atoms in total. The van der Waals surface area contributed by atoms with Crippen molar-refractivity contribution in [3.8, 4) is 17.2 Å². The highest BCUT2D eigenvalue weighted by Gasteiger charge is 2.15. The highest BCUT2D eigenvalue weighted by atomic mass is 79.9. The van der Waals surface area contributed by atoms with Crippen molar-refractivity contribution in [1.29, 1.82) is 0 Å². The molecule has 0 atom stereocenters. The third-order valence-corrected chi connectivity index (χ3v) is 4.25. The summed E-state index contributed by atoms with van der Waals surface area (Å²) in [5.41, 5.74) is 0.478. The van der Waals surface area contributed by atoms with E-state index < -0.39 is 11.9 Å². The van der Waals surface area contributed by atoms with Gasteiger partial charge in [-0.15, -0.1) is 0 Å². The van der Waals surface area contributed by atoms with Crippen LogP contribution in [-0.4, -0.2) is 25.3 Å². The number of hydrogen-bond donors (Lipinski definition) is 2. The predicted molar refractivity (Wildman–Crippen MR) is 97.1 cm³/mol. The number of benzene rings is 2. The van der Waals surface area contributed by atoms with E-state index in [9.17, 15) is 9.59 Å². The summed E-state index contributed by atoms with van der Waals surface area (Å²) in [5, 5.41) is 4.73. The summed E-state index contributed by atoms with van der Waals surface area (Å²) in [6, 6.07) is 9.54. The number of nitrogens with one attached hydrogen (secondary N) is 2. The smallest absolute Gasteiger partial charge is 0.325 e. The Hall–Kier alpha value is -2.26. The van der Waals surface area contributed by atoms with Crippen LogP contribution in [0.1, 0.15) is 0 Å². The van der Waals surface area contributed by atoms with Crippen molar-refractivity contribution in [3.05, 3.63) is 45.3 Å². The molecule has 1 heterocycles. The average molecular weight is 472 g/mol. The minimum absolute atomic E-state index is 0.145. The van der Waals surface area contributed by atoms with Crippen LogP contribution >= 0.6 is 31.9 Å². The van der Waals surface area contributed by atoms with Crippen molar-refractivity contribution < 1.29 is 23.8 Å². The first-order valence-corrected chi connectivity index (χ1v) is 8.68. The Morgan fingerprint density at radius 3 is 2.68 bits per heavy atom. The summed E-state index contributed by atoms with van der Waals surface area (Å²) >= 11 is 6.65. The highest BCUT2D eigenvalue weighted by molar-refractivity contribution is 9.11. The van der Waals surface area contributed by atoms with E-state index in [0.29, 0.717) is 27.4 Å². The lowest BCUT2D eigenvalue weighted by Crippen LogP contribution is -2.37. The number of rotatable bonds is 4. The second kappa shape index (κ2) is 7.75. The normalized spacial score (nSPS) is 11.8. The molecule has 0 aromatic heterocycles. The molecule has 2 N–H and O–H groups in total. The number of fused-ring (bicyclic) bond motifs is 1. The quantitative estimate of drug-likeness (QED) is 0.710. The molecule has 0 saturated heterocycles. The lowest BCUT2D eigenvalue weighted by atomic mass is 10.3. The number of amides is 3. The van der Waals surface area contributed by atoms with E-state index in [-0.39, 0.29) is 13.4 Å². The van der Waals surface area contributed by atoms with Gasteiger partial charge in [-0.3, -0.25) is 10.1 Å². The summed E-state index contributed by atoms with van der Waals surface area (Å²) in [6.45, 7) is -0.152. The van der Waals surface area contributed by atoms with Crippen molar-refractivity contribution >= 4 is 49.5 Å². The number of hydrogen-bond acceptors (Lipinski definition) is 5. The van der Waals surface area contributed by atoms with Crippen molar-refractivity contribution in [2.45, 2.75) is 0 Å². The van der Waals surface area contributed by atoms with E-state index in [4.69, 9.17) is 14.2 Å². The van der Waals surface area contributed by atoms with Crippen molar-refractivity contribution in [2.24, 2.45) is 0 Å². The van der Waals surface area contributed by atoms with Gasteiger partial charge in [-0.2, -0.15) is 0 Å². The van der Waals surface area contributed by atoms with Gasteiger partial charge in [0.05, 0.1) is 4.47 Å². The van der Waals surface area contributed by atoms with Gasteiger partial charge in [0.2, 0.25) is 6.79 Å². The van der Waals surface area contributed by atoms with Crippen LogP contribution in [-0.2, 0) is 4.79 Å². The molecule has 0 radical (unpaired) electrons. The number of imide groups is 1. The first-order chi connectivity index (χ1) is 12.0. The van der Waals surface area contributed by atoms with Crippen molar-refractivity contribution in [3.63, 3.8) is 0 Å². The zero-order chi connectivity index (χ0) is 17.8. The van der Waals surface area contributed by atoms with E-state index >= 15 is 0 Å². The van der Waals surface area contributed by atoms with Crippen LogP contribution in [0.2, 0.25) is 0 Å². The molecule has 1 aliphatic heterocycles. The van der Waals surface area contributed by atoms with Crippen LogP contribution in [0.25, 0.3) is 0 Å². The molecule has 0 aliphatic carbocycles. The van der Waals surface area contributed by atoms with Crippen LogP contribution in [0.5, 0.6) is 17.2 Å². The van der Waals surface area contributed by atoms with Crippen molar-refractivity contribution in [2.75, 3.05) is 18.7 Å². The van der Waals surface area contributed by atoms with Gasteiger partial charge in [-0.05, 0) is 46.3 Å². The van der Waals surface area contributed by atoms with Gasteiger partial charge in [0.1, 0.15) is 5.75 Å². The zero-order valence-corrected chi connectivity index (χ0v) is 15.8. The molecule has 2 aromatic rings. The summed E-state index contributed by atoms with van der Waals surface area (Å²) in [5.74, 6) is 1.06. The molecule has 1 aliphatic rings. The molecule has 3 rings (SSSR count). The van der Waals surface area contributed by atoms with Gasteiger partial charge in [-0.25, -0.2) is 4.79 Å². The van der Waals surface area contributed by atoms with Gasteiger partial charge in [-0.1, -0.05) is 15.9 Å². The van der Waals surface area contributed by atoms with Gasteiger partial charge in [0, 0.05) is 16.2 Å². The first-order valence-electron chi connectivity index (χ1n) is 7.09. The van der Waals surface area contributed by atoms with Crippen molar-refractivity contribution in [1.82, 2.24) is 5.32 Å². The standard InChI is InChI=1S/C16H12Br2N2O5/c17-9-1-3-12(11(18)5-9)23-7-15(21)20-16(22)19-10-2-4-13-14(6-10)25-8-24-13/h1-6H,7-8H2,(H2,19,20,21,22). The molecule has 0 bridgehead atoms. The summed E-state index contributed by atoms with van der Waals surface area (Å²) < 4.78 is 17.3. The van der Waals surface area contributed by atoms with Crippen LogP contribution in [0.4, 0.5) is 10.5 Å². The maximum atomic E-state index is 11.9. The number of anilines is 1. The monoisotopic (exact) mass is 470 g/mol. The fourth-order valence-corrected chi connectivity index (χ4v) is 3.20. The maximum absolute atomic E-state index is 11.9. The Balaban J connectivity index is 1.50. The second-order valence-corrected chi connectivity index (χ2v) is 6.70. The summed E-state index contributed by atoms with van der Waals surface area (Å²) in [4.78, 5) is 23.7. The zero-order valence-electron chi connectivity index (χ0n) is 12.7. The molecule has 0 unspecified atom stereocenters. The molecule has 0 saturated carbocycles. The van der Waals surface area contributed by atoms with Crippen LogP contribution in [0.3, 0.4) is 0 Å². The van der Waals surface area contributed by atoms with Gasteiger partial charge in [0.15, 0.2) is 18.1 Å². The Bertz CT molecular complexity index is 828. The van der Waals surface area contributed by atoms with E-state index in [1.165, 1.54) is 0 Å². The molecule has 3 amide bonds. The predicted octanol–water partition coefficient (Wildman–Crippen LogP) is 3.67. The third kappa shape index (κ3) is 4.64. The van der Waals surface area contributed by atoms with E-state index in [1.54, 1.807) is 36.4 Å². The summed E-state index contributed by atoms with van der Waals surface area (Å²) in [6.07, 6.45) is 0. The molecule has 2 aromatic carbocycles. The van der Waals surface area contributed by atoms with E-state index in [1.807, 2.05) is 0 Å². The average Bonchev–Trinajstić information content (AvgIpc) is 3.01. The molecule has 0 spiro atoms. The van der Waals surface area contributed by atoms with Crippen LogP contribution in [0.15, 0.2) is 45.3 Å². The number of carbonyl (C=O) groups is 2. The van der Waals surface area contributed by atoms with Crippen LogP contribution in [0, 0.1) is 0 Å². The Morgan fingerprint density at radius 2 is 1.88 bits per heavy atom. The Morgan fingerprint density at radius 1 is 1.08 bits per heavy atom. The minimum atomic E-state index is -0.665. The summed E-state index contributed by atoms with van der Waals surface area (Å²) in [7, 11) is 0. The third-order valence-electron chi connectivity index (χ3n) is 3.14. The number of carbonyl (C=O) groups excluding carboxylic acids is 2. The second-order valence-electron chi connectivity index (χ2n) is 4.93. The van der Waals surface area contributed by atoms with Crippen LogP contribution < -0.4 is 24.8 Å². The van der Waals surface area contributed by atoms with Gasteiger partial charge in [0.25, 0.3) is 5.91 Å². The molecule has 9 heteroatoms. The fraction of sp³-hybridized carbons (Fsp3) is 0.125. The SMILES string of the molecule is O=C(COc1ccc(Br)cc1Br)NC(=O)Nc1ccc2c(c1)OCO2. The number of halogens is 2. The topological polar surface area (TPSA) is 85.9 Å². The Kier molecular flexibility index (Phi) is 5.44. The van der Waals surface area contributed by atoms with E-state index in [0.717, 1.165) is 4.47 Å². The Labute approximate surface area is 159 Å². The maximum Gasteiger partial charge on any atom is 0.325 e. The fourth-order valence-electron chi connectivity index (χ4n) is 2.03.